The van der Waals surface area contributed by atoms with Gasteiger partial charge in [0.15, 0.2) is 5.76 Å². The molecule has 0 spiro atoms. The van der Waals surface area contributed by atoms with E-state index in [1.165, 1.54) is 0 Å². The highest BCUT2D eigenvalue weighted by Crippen LogP contribution is 2.28. The first-order valence-electron chi connectivity index (χ1n) is 8.77. The lowest BCUT2D eigenvalue weighted by Gasteiger charge is -2.33. The molecule has 0 unspecified atom stereocenters. The fraction of sp³-hybridized carbons (Fsp3) is 0.316. The van der Waals surface area contributed by atoms with Crippen LogP contribution in [0.3, 0.4) is 0 Å². The predicted molar refractivity (Wildman–Crippen MR) is 103 cm³/mol. The van der Waals surface area contributed by atoms with Crippen LogP contribution in [0.5, 0.6) is 5.88 Å². The van der Waals surface area contributed by atoms with Gasteiger partial charge in [-0.25, -0.2) is 9.97 Å². The Bertz CT molecular complexity index is 908. The number of anilines is 1. The standard InChI is InChI=1S/C19H20ClN5O2/c1-26-17-6-7-21-19(23-17)25-10-8-24(9-11-25)13-18-22-12-16(27-18)14-4-2-3-5-15(14)20/h2-7,12H,8-11,13H2,1H3. The number of nitrogens with zero attached hydrogens (tertiary/aromatic N) is 5. The van der Waals surface area contributed by atoms with E-state index in [9.17, 15) is 0 Å². The molecule has 1 fully saturated rings. The highest BCUT2D eigenvalue weighted by Gasteiger charge is 2.21. The number of ether oxygens (including phenoxy) is 1. The molecule has 0 aliphatic carbocycles. The van der Waals surface area contributed by atoms with Gasteiger partial charge in [0.05, 0.1) is 24.9 Å². The molecule has 0 saturated carbocycles. The van der Waals surface area contributed by atoms with E-state index in [1.54, 1.807) is 25.6 Å². The van der Waals surface area contributed by atoms with E-state index in [1.807, 2.05) is 24.3 Å². The van der Waals surface area contributed by atoms with Crippen molar-refractivity contribution in [2.45, 2.75) is 6.54 Å². The average molecular weight is 386 g/mol. The van der Waals surface area contributed by atoms with Gasteiger partial charge >= 0.3 is 0 Å². The van der Waals surface area contributed by atoms with Crippen LogP contribution in [0.2, 0.25) is 5.02 Å². The van der Waals surface area contributed by atoms with Gasteiger partial charge in [0, 0.05) is 44.0 Å². The third kappa shape index (κ3) is 4.04. The average Bonchev–Trinajstić information content (AvgIpc) is 3.17. The van der Waals surface area contributed by atoms with Gasteiger partial charge in [-0.3, -0.25) is 4.90 Å². The second kappa shape index (κ2) is 7.94. The highest BCUT2D eigenvalue weighted by molar-refractivity contribution is 6.33. The number of halogens is 1. The van der Waals surface area contributed by atoms with Crippen LogP contribution in [0.15, 0.2) is 47.1 Å². The Labute approximate surface area is 162 Å². The number of hydrogen-bond donors (Lipinski definition) is 0. The second-order valence-corrected chi connectivity index (χ2v) is 6.67. The first-order valence-corrected chi connectivity index (χ1v) is 9.14. The topological polar surface area (TPSA) is 67.5 Å². The van der Waals surface area contributed by atoms with Gasteiger partial charge in [-0.2, -0.15) is 4.98 Å². The van der Waals surface area contributed by atoms with Gasteiger partial charge in [-0.05, 0) is 12.1 Å². The van der Waals surface area contributed by atoms with Crippen LogP contribution in [0.25, 0.3) is 11.3 Å². The summed E-state index contributed by atoms with van der Waals surface area (Å²) >= 11 is 6.23. The lowest BCUT2D eigenvalue weighted by atomic mass is 10.2. The van der Waals surface area contributed by atoms with E-state index in [4.69, 9.17) is 20.8 Å². The summed E-state index contributed by atoms with van der Waals surface area (Å²) in [5.41, 5.74) is 0.859. The van der Waals surface area contributed by atoms with E-state index in [0.29, 0.717) is 35.0 Å². The summed E-state index contributed by atoms with van der Waals surface area (Å²) < 4.78 is 11.1. The minimum atomic E-state index is 0.578. The van der Waals surface area contributed by atoms with Crippen molar-refractivity contribution in [1.82, 2.24) is 19.9 Å². The molecule has 7 nitrogen and oxygen atoms in total. The molecule has 0 radical (unpaired) electrons. The van der Waals surface area contributed by atoms with Crippen molar-refractivity contribution in [1.29, 1.82) is 0 Å². The number of benzene rings is 1. The zero-order valence-corrected chi connectivity index (χ0v) is 15.8. The number of hydrogen-bond acceptors (Lipinski definition) is 7. The van der Waals surface area contributed by atoms with Crippen molar-refractivity contribution in [3.05, 3.63) is 53.6 Å². The summed E-state index contributed by atoms with van der Waals surface area (Å²) in [6.07, 6.45) is 3.45. The highest BCUT2D eigenvalue weighted by atomic mass is 35.5. The molecule has 140 valence electrons. The monoisotopic (exact) mass is 385 g/mol. The first-order chi connectivity index (χ1) is 13.2. The van der Waals surface area contributed by atoms with Crippen molar-refractivity contribution >= 4 is 17.5 Å². The zero-order valence-electron chi connectivity index (χ0n) is 15.0. The van der Waals surface area contributed by atoms with Crippen molar-refractivity contribution in [2.24, 2.45) is 0 Å². The summed E-state index contributed by atoms with van der Waals surface area (Å²) in [6, 6.07) is 9.36. The molecule has 2 aromatic heterocycles. The normalized spacial score (nSPS) is 15.1. The van der Waals surface area contributed by atoms with Gasteiger partial charge in [0.2, 0.25) is 17.7 Å². The van der Waals surface area contributed by atoms with E-state index < -0.39 is 0 Å². The van der Waals surface area contributed by atoms with Crippen molar-refractivity contribution < 1.29 is 9.15 Å². The number of piperazine rings is 1. The van der Waals surface area contributed by atoms with Crippen LogP contribution in [0.4, 0.5) is 5.95 Å². The van der Waals surface area contributed by atoms with Crippen LogP contribution in [0.1, 0.15) is 5.89 Å². The zero-order chi connectivity index (χ0) is 18.6. The molecular formula is C19H20ClN5O2. The van der Waals surface area contributed by atoms with Crippen LogP contribution < -0.4 is 9.64 Å². The number of oxazole rings is 1. The minimum absolute atomic E-state index is 0.578. The molecule has 0 bridgehead atoms. The SMILES string of the molecule is COc1ccnc(N2CCN(Cc3ncc(-c4ccccc4Cl)o3)CC2)n1. The van der Waals surface area contributed by atoms with Gasteiger partial charge < -0.3 is 14.1 Å². The molecule has 4 rings (SSSR count). The van der Waals surface area contributed by atoms with Gasteiger partial charge in [0.25, 0.3) is 0 Å². The molecule has 1 aliphatic rings. The van der Waals surface area contributed by atoms with Crippen molar-refractivity contribution in [2.75, 3.05) is 38.2 Å². The molecule has 0 amide bonds. The number of rotatable bonds is 5. The molecule has 1 aliphatic heterocycles. The third-order valence-corrected chi connectivity index (χ3v) is 4.86. The van der Waals surface area contributed by atoms with E-state index in [-0.39, 0.29) is 0 Å². The summed E-state index contributed by atoms with van der Waals surface area (Å²) in [5, 5.41) is 0.659. The van der Waals surface area contributed by atoms with E-state index in [0.717, 1.165) is 31.7 Å². The molecule has 0 N–H and O–H groups in total. The molecular weight excluding hydrogens is 366 g/mol. The summed E-state index contributed by atoms with van der Waals surface area (Å²) in [6.45, 7) is 4.10. The lowest BCUT2D eigenvalue weighted by molar-refractivity contribution is 0.226. The maximum Gasteiger partial charge on any atom is 0.228 e. The largest absolute Gasteiger partial charge is 0.481 e. The van der Waals surface area contributed by atoms with Crippen LogP contribution in [0, 0.1) is 0 Å². The Morgan fingerprint density at radius 3 is 2.70 bits per heavy atom. The van der Waals surface area contributed by atoms with Crippen molar-refractivity contribution in [3.8, 4) is 17.2 Å². The second-order valence-electron chi connectivity index (χ2n) is 6.26. The molecule has 27 heavy (non-hydrogen) atoms. The van der Waals surface area contributed by atoms with E-state index in [2.05, 4.69) is 24.8 Å². The Kier molecular flexibility index (Phi) is 5.22. The fourth-order valence-corrected chi connectivity index (χ4v) is 3.29. The van der Waals surface area contributed by atoms with E-state index >= 15 is 0 Å². The van der Waals surface area contributed by atoms with Crippen LogP contribution >= 0.6 is 11.6 Å². The molecule has 0 atom stereocenters. The van der Waals surface area contributed by atoms with Crippen LogP contribution in [-0.4, -0.2) is 53.1 Å². The maximum absolute atomic E-state index is 6.23. The smallest absolute Gasteiger partial charge is 0.228 e. The predicted octanol–water partition coefficient (Wildman–Crippen LogP) is 3.12. The molecule has 8 heteroatoms. The molecule has 3 heterocycles. The van der Waals surface area contributed by atoms with Gasteiger partial charge in [-0.1, -0.05) is 23.7 Å². The quantitative estimate of drug-likeness (QED) is 0.668. The maximum atomic E-state index is 6.23. The molecule has 1 aromatic carbocycles. The summed E-state index contributed by atoms with van der Waals surface area (Å²) in [7, 11) is 1.61. The summed E-state index contributed by atoms with van der Waals surface area (Å²) in [4.78, 5) is 17.6. The lowest BCUT2D eigenvalue weighted by Crippen LogP contribution is -2.46. The Balaban J connectivity index is 1.36. The van der Waals surface area contributed by atoms with Gasteiger partial charge in [0.1, 0.15) is 0 Å². The van der Waals surface area contributed by atoms with Crippen LogP contribution in [-0.2, 0) is 6.54 Å². The number of aromatic nitrogens is 3. The number of methoxy groups -OCH3 is 1. The molecule has 1 saturated heterocycles. The summed E-state index contributed by atoms with van der Waals surface area (Å²) in [5.74, 6) is 2.66. The first kappa shape index (κ1) is 17.8. The Morgan fingerprint density at radius 2 is 1.93 bits per heavy atom. The fourth-order valence-electron chi connectivity index (χ4n) is 3.06. The molecule has 3 aromatic rings. The Hall–Kier alpha value is -2.64. The minimum Gasteiger partial charge on any atom is -0.481 e. The van der Waals surface area contributed by atoms with Gasteiger partial charge in [-0.15, -0.1) is 0 Å². The Morgan fingerprint density at radius 1 is 1.11 bits per heavy atom. The van der Waals surface area contributed by atoms with Crippen molar-refractivity contribution in [3.63, 3.8) is 0 Å². The third-order valence-electron chi connectivity index (χ3n) is 4.53.